The van der Waals surface area contributed by atoms with E-state index < -0.39 is 52.5 Å². The smallest absolute Gasteiger partial charge is 0.330 e. The molecule has 0 fully saturated rings. The topological polar surface area (TPSA) is 170 Å². The molecular formula is C32H34N2O9S3. The van der Waals surface area contributed by atoms with Crippen molar-refractivity contribution in [3.05, 3.63) is 114 Å². The van der Waals surface area contributed by atoms with Crippen LogP contribution < -0.4 is 10.0 Å². The summed E-state index contributed by atoms with van der Waals surface area (Å²) in [5.41, 5.74) is 2.50. The van der Waals surface area contributed by atoms with Gasteiger partial charge in [0.25, 0.3) is 10.0 Å². The number of sulfone groups is 2. The molecule has 46 heavy (non-hydrogen) atoms. The summed E-state index contributed by atoms with van der Waals surface area (Å²) in [6.07, 6.45) is 4.62. The molecule has 3 aromatic rings. The molecule has 0 saturated carbocycles. The van der Waals surface area contributed by atoms with Crippen LogP contribution in [0.15, 0.2) is 112 Å². The Hall–Kier alpha value is -4.27. The van der Waals surface area contributed by atoms with Gasteiger partial charge in [0.05, 0.1) is 33.0 Å². The first-order valence-corrected chi connectivity index (χ1v) is 18.7. The predicted octanol–water partition coefficient (Wildman–Crippen LogP) is 3.92. The Morgan fingerprint density at radius 1 is 0.696 bits per heavy atom. The fraction of sp³-hybridized carbons (Fsp3) is 0.250. The minimum absolute atomic E-state index is 0.0328. The minimum atomic E-state index is -4.44. The van der Waals surface area contributed by atoms with E-state index >= 15 is 0 Å². The van der Waals surface area contributed by atoms with Crippen molar-refractivity contribution in [2.45, 2.75) is 46.7 Å². The van der Waals surface area contributed by atoms with Gasteiger partial charge >= 0.3 is 12.0 Å². The summed E-state index contributed by atoms with van der Waals surface area (Å²) in [6.45, 7) is 5.17. The Balaban J connectivity index is 1.49. The second-order valence-electron chi connectivity index (χ2n) is 10.9. The van der Waals surface area contributed by atoms with Crippen LogP contribution in [-0.4, -0.2) is 54.5 Å². The molecule has 0 aliphatic heterocycles. The zero-order valence-corrected chi connectivity index (χ0v) is 27.8. The molecular weight excluding hydrogens is 653 g/mol. The highest BCUT2D eigenvalue weighted by molar-refractivity contribution is 7.93. The molecule has 0 bridgehead atoms. The van der Waals surface area contributed by atoms with Gasteiger partial charge in [-0.05, 0) is 75.7 Å². The fourth-order valence-corrected chi connectivity index (χ4v) is 8.31. The highest BCUT2D eigenvalue weighted by Gasteiger charge is 2.44. The van der Waals surface area contributed by atoms with Crippen LogP contribution in [0.1, 0.15) is 23.1 Å². The van der Waals surface area contributed by atoms with E-state index in [2.05, 4.69) is 5.32 Å². The van der Waals surface area contributed by atoms with Gasteiger partial charge in [-0.1, -0.05) is 65.2 Å². The first-order chi connectivity index (χ1) is 21.5. The number of aryl methyl sites for hydroxylation is 3. The number of ether oxygens (including phenoxy) is 1. The molecule has 0 spiro atoms. The van der Waals surface area contributed by atoms with Crippen molar-refractivity contribution >= 4 is 41.7 Å². The van der Waals surface area contributed by atoms with Gasteiger partial charge in [-0.15, -0.1) is 0 Å². The molecule has 0 aromatic heterocycles. The van der Waals surface area contributed by atoms with Crippen LogP contribution in [0.3, 0.4) is 0 Å². The van der Waals surface area contributed by atoms with Gasteiger partial charge in [0.1, 0.15) is 0 Å². The highest BCUT2D eigenvalue weighted by Crippen LogP contribution is 2.31. The monoisotopic (exact) mass is 686 g/mol. The first-order valence-electron chi connectivity index (χ1n) is 14.1. The van der Waals surface area contributed by atoms with Crippen molar-refractivity contribution in [1.82, 2.24) is 10.0 Å². The molecule has 11 nitrogen and oxygen atoms in total. The number of hydrogen-bond donors (Lipinski definition) is 2. The van der Waals surface area contributed by atoms with Gasteiger partial charge in [0.2, 0.25) is 9.84 Å². The van der Waals surface area contributed by atoms with Gasteiger partial charge in [0.15, 0.2) is 14.7 Å². The first kappa shape index (κ1) is 34.6. The summed E-state index contributed by atoms with van der Waals surface area (Å²) >= 11 is 0. The number of esters is 1. The molecule has 3 aromatic carbocycles. The lowest BCUT2D eigenvalue weighted by Crippen LogP contribution is -2.56. The molecule has 14 heteroatoms. The van der Waals surface area contributed by atoms with E-state index in [4.69, 9.17) is 4.74 Å². The molecule has 4 rings (SSSR count). The maximum absolute atomic E-state index is 13.9. The third kappa shape index (κ3) is 7.92. The van der Waals surface area contributed by atoms with Crippen LogP contribution in [-0.2, 0) is 39.2 Å². The van der Waals surface area contributed by atoms with Crippen molar-refractivity contribution in [3.8, 4) is 0 Å². The van der Waals surface area contributed by atoms with Crippen LogP contribution >= 0.6 is 0 Å². The number of hydrogen-bond acceptors (Lipinski definition) is 9. The number of carbonyl (C=O) groups excluding carboxylic acids is 2. The molecule has 2 amide bonds. The third-order valence-electron chi connectivity index (χ3n) is 7.20. The maximum Gasteiger partial charge on any atom is 0.330 e. The van der Waals surface area contributed by atoms with Crippen LogP contribution in [0.25, 0.3) is 0 Å². The molecule has 1 aliphatic carbocycles. The molecule has 244 valence electrons. The van der Waals surface area contributed by atoms with Crippen LogP contribution in [0.2, 0.25) is 0 Å². The van der Waals surface area contributed by atoms with Gasteiger partial charge in [-0.3, -0.25) is 4.79 Å². The van der Waals surface area contributed by atoms with Gasteiger partial charge in [-0.2, -0.15) is 0 Å². The maximum atomic E-state index is 13.9. The number of carbonyl (C=O) groups is 2. The third-order valence-corrected chi connectivity index (χ3v) is 12.5. The van der Waals surface area contributed by atoms with Crippen LogP contribution in [0, 0.1) is 26.7 Å². The lowest BCUT2D eigenvalue weighted by molar-refractivity contribution is -0.145. The summed E-state index contributed by atoms with van der Waals surface area (Å²) in [4.78, 5) is 23.3. The van der Waals surface area contributed by atoms with Crippen molar-refractivity contribution < 1.29 is 39.6 Å². The number of amides is 2. The average Bonchev–Trinajstić information content (AvgIpc) is 3.00. The summed E-state index contributed by atoms with van der Waals surface area (Å²) in [6, 6.07) is 16.6. The van der Waals surface area contributed by atoms with E-state index in [9.17, 15) is 34.8 Å². The van der Waals surface area contributed by atoms with Crippen molar-refractivity contribution in [1.29, 1.82) is 0 Å². The predicted molar refractivity (Wildman–Crippen MR) is 172 cm³/mol. The fourth-order valence-electron chi connectivity index (χ4n) is 4.49. The van der Waals surface area contributed by atoms with Crippen molar-refractivity contribution in [3.63, 3.8) is 0 Å². The Morgan fingerprint density at radius 2 is 1.15 bits per heavy atom. The quantitative estimate of drug-likeness (QED) is 0.172. The summed E-state index contributed by atoms with van der Waals surface area (Å²) in [5, 5.41) is 2.26. The normalized spacial score (nSPS) is 18.1. The number of benzene rings is 3. The highest BCUT2D eigenvalue weighted by atomic mass is 32.2. The summed E-state index contributed by atoms with van der Waals surface area (Å²) < 4.78 is 85.6. The summed E-state index contributed by atoms with van der Waals surface area (Å²) in [7, 11) is -12.4. The second kappa shape index (κ2) is 13.6. The zero-order valence-electron chi connectivity index (χ0n) is 25.3. The molecule has 1 aliphatic rings. The Bertz CT molecular complexity index is 1970. The van der Waals surface area contributed by atoms with E-state index in [0.717, 1.165) is 28.8 Å². The average molecular weight is 687 g/mol. The van der Waals surface area contributed by atoms with E-state index in [1.165, 1.54) is 48.6 Å². The van der Waals surface area contributed by atoms with Crippen LogP contribution in [0.5, 0.6) is 0 Å². The molecule has 2 N–H and O–H groups in total. The lowest BCUT2D eigenvalue weighted by Gasteiger charge is -2.31. The van der Waals surface area contributed by atoms with E-state index in [1.807, 2.05) is 11.6 Å². The molecule has 0 radical (unpaired) electrons. The molecule has 0 heterocycles. The minimum Gasteiger partial charge on any atom is -0.465 e. The van der Waals surface area contributed by atoms with Crippen molar-refractivity contribution in [2.24, 2.45) is 5.92 Å². The van der Waals surface area contributed by atoms with E-state index in [1.54, 1.807) is 50.2 Å². The number of urea groups is 1. The Labute approximate surface area is 269 Å². The standard InChI is InChI=1S/C32H34N2O9S3/c1-23-5-11-27(12-6-23)44(37,38)22-4-21-43-30(35)26-17-19-32(20-18-26,45(39,40)28-13-7-24(2)8-14-28)33-31(36)34-46(41,42)29-15-9-25(3)10-16-29/h5-20,26H,4,21-22H2,1-3H3,(H2,33,34,36). The zero-order chi connectivity index (χ0) is 33.8. The van der Waals surface area contributed by atoms with Gasteiger partial charge in [0, 0.05) is 0 Å². The number of rotatable bonds is 11. The molecule has 0 unspecified atom stereocenters. The van der Waals surface area contributed by atoms with E-state index in [-0.39, 0.29) is 33.5 Å². The van der Waals surface area contributed by atoms with Gasteiger partial charge < -0.3 is 10.1 Å². The lowest BCUT2D eigenvalue weighted by atomic mass is 10.0. The largest absolute Gasteiger partial charge is 0.465 e. The Kier molecular flexibility index (Phi) is 10.2. The molecule has 0 atom stereocenters. The second-order valence-corrected chi connectivity index (χ2v) is 16.8. The Morgan fingerprint density at radius 3 is 1.65 bits per heavy atom. The van der Waals surface area contributed by atoms with Crippen molar-refractivity contribution in [2.75, 3.05) is 12.4 Å². The number of sulfonamides is 1. The van der Waals surface area contributed by atoms with Crippen LogP contribution in [0.4, 0.5) is 4.79 Å². The number of nitrogens with one attached hydrogen (secondary N) is 2. The molecule has 0 saturated heterocycles. The van der Waals surface area contributed by atoms with Gasteiger partial charge in [-0.25, -0.2) is 34.8 Å². The summed E-state index contributed by atoms with van der Waals surface area (Å²) in [5.74, 6) is -2.08. The van der Waals surface area contributed by atoms with E-state index in [0.29, 0.717) is 0 Å². The SMILES string of the molecule is Cc1ccc(S(=O)(=O)CCCOC(=O)C2C=CC(NC(=O)NS(=O)(=O)c3ccc(C)cc3)(S(=O)(=O)c3ccc(C)cc3)C=C2)cc1.